The second-order valence-corrected chi connectivity index (χ2v) is 6.15. The van der Waals surface area contributed by atoms with E-state index in [1.165, 1.54) is 5.01 Å². The van der Waals surface area contributed by atoms with Gasteiger partial charge in [-0.1, -0.05) is 30.3 Å². The molecular formula is C21H23N3O3. The molecule has 2 aromatic rings. The summed E-state index contributed by atoms with van der Waals surface area (Å²) in [5.41, 5.74) is 3.04. The molecule has 0 aliphatic carbocycles. The summed E-state index contributed by atoms with van der Waals surface area (Å²) in [4.78, 5) is 17.7. The Labute approximate surface area is 159 Å². The van der Waals surface area contributed by atoms with E-state index < -0.39 is 5.92 Å². The molecule has 0 N–H and O–H groups in total. The van der Waals surface area contributed by atoms with Crippen LogP contribution in [0.3, 0.4) is 0 Å². The molecular weight excluding hydrogens is 342 g/mol. The minimum atomic E-state index is -0.508. The largest absolute Gasteiger partial charge is 0.497 e. The highest BCUT2D eigenvalue weighted by Crippen LogP contribution is 2.29. The fourth-order valence-electron chi connectivity index (χ4n) is 2.98. The average molecular weight is 365 g/mol. The van der Waals surface area contributed by atoms with Crippen LogP contribution in [-0.4, -0.2) is 44.7 Å². The number of hydrogen-bond donors (Lipinski definition) is 0. The summed E-state index contributed by atoms with van der Waals surface area (Å²) in [7, 11) is 3.24. The molecule has 1 amide bonds. The monoisotopic (exact) mass is 365 g/mol. The topological polar surface area (TPSA) is 63.5 Å². The maximum absolute atomic E-state index is 13.2. The number of carbonyl (C=O) groups excluding carboxylic acids is 1. The molecule has 0 spiro atoms. The van der Waals surface area contributed by atoms with Crippen molar-refractivity contribution in [2.75, 3.05) is 32.4 Å². The minimum Gasteiger partial charge on any atom is -0.497 e. The summed E-state index contributed by atoms with van der Waals surface area (Å²) >= 11 is 0. The summed E-state index contributed by atoms with van der Waals surface area (Å²) in [5.74, 6) is 0.107. The normalized spacial score (nSPS) is 17.2. The molecule has 140 valence electrons. The molecule has 1 atom stereocenters. The van der Waals surface area contributed by atoms with Crippen molar-refractivity contribution in [3.8, 4) is 5.75 Å². The Balaban J connectivity index is 1.98. The Morgan fingerprint density at radius 2 is 1.81 bits per heavy atom. The van der Waals surface area contributed by atoms with Crippen LogP contribution in [0.5, 0.6) is 5.75 Å². The van der Waals surface area contributed by atoms with Gasteiger partial charge in [0.25, 0.3) is 5.91 Å². The van der Waals surface area contributed by atoms with Gasteiger partial charge >= 0.3 is 0 Å². The van der Waals surface area contributed by atoms with Crippen LogP contribution in [-0.2, 0) is 9.53 Å². The van der Waals surface area contributed by atoms with E-state index in [-0.39, 0.29) is 5.91 Å². The number of ether oxygens (including phenoxy) is 2. The first-order valence-electron chi connectivity index (χ1n) is 8.77. The van der Waals surface area contributed by atoms with Gasteiger partial charge in [0.2, 0.25) is 0 Å². The highest BCUT2D eigenvalue weighted by atomic mass is 16.5. The first kappa shape index (κ1) is 18.8. The van der Waals surface area contributed by atoms with Gasteiger partial charge in [0.15, 0.2) is 0 Å². The van der Waals surface area contributed by atoms with Gasteiger partial charge in [-0.15, -0.1) is 0 Å². The van der Waals surface area contributed by atoms with Gasteiger partial charge in [-0.2, -0.15) is 10.1 Å². The van der Waals surface area contributed by atoms with Gasteiger partial charge in [0.1, 0.15) is 11.7 Å². The van der Waals surface area contributed by atoms with E-state index in [1.807, 2.05) is 61.5 Å². The van der Waals surface area contributed by atoms with Gasteiger partial charge < -0.3 is 9.47 Å². The number of aliphatic imine (C=N–C) groups is 1. The van der Waals surface area contributed by atoms with Gasteiger partial charge in [-0.3, -0.25) is 9.79 Å². The molecule has 1 aliphatic heterocycles. The zero-order valence-corrected chi connectivity index (χ0v) is 15.8. The highest BCUT2D eigenvalue weighted by Gasteiger charge is 2.39. The number of hydrogen-bond acceptors (Lipinski definition) is 5. The number of anilines is 1. The van der Waals surface area contributed by atoms with Crippen molar-refractivity contribution >= 4 is 23.0 Å². The van der Waals surface area contributed by atoms with E-state index in [0.29, 0.717) is 24.6 Å². The van der Waals surface area contributed by atoms with Crippen LogP contribution in [0, 0.1) is 5.92 Å². The lowest BCUT2D eigenvalue weighted by molar-refractivity contribution is -0.118. The highest BCUT2D eigenvalue weighted by molar-refractivity contribution is 6.32. The quantitative estimate of drug-likeness (QED) is 0.559. The summed E-state index contributed by atoms with van der Waals surface area (Å²) in [6, 6.07) is 17.0. The third kappa shape index (κ3) is 4.06. The lowest BCUT2D eigenvalue weighted by Crippen LogP contribution is -2.32. The Bertz CT molecular complexity index is 845. The van der Waals surface area contributed by atoms with Gasteiger partial charge in [-0.05, 0) is 36.8 Å². The standard InChI is InChI=1S/C21H23N3O3/c1-15(22-13-14-26-2)19-20(16-7-5-4-6-8-16)23-24(21(19)25)17-9-11-18(27-3)12-10-17/h4-12,19H,13-14H2,1-3H3. The van der Waals surface area contributed by atoms with Gasteiger partial charge in [-0.25, -0.2) is 0 Å². The number of rotatable bonds is 7. The number of benzene rings is 2. The lowest BCUT2D eigenvalue weighted by Gasteiger charge is -2.15. The van der Waals surface area contributed by atoms with E-state index in [9.17, 15) is 4.79 Å². The van der Waals surface area contributed by atoms with E-state index in [1.54, 1.807) is 14.2 Å². The molecule has 1 unspecified atom stereocenters. The van der Waals surface area contributed by atoms with Crippen molar-refractivity contribution < 1.29 is 14.3 Å². The lowest BCUT2D eigenvalue weighted by atomic mass is 9.93. The van der Waals surface area contributed by atoms with Crippen LogP contribution in [0.1, 0.15) is 12.5 Å². The first-order chi connectivity index (χ1) is 13.2. The molecule has 1 heterocycles. The molecule has 6 heteroatoms. The minimum absolute atomic E-state index is 0.113. The van der Waals surface area contributed by atoms with Crippen molar-refractivity contribution in [1.82, 2.24) is 0 Å². The van der Waals surface area contributed by atoms with Gasteiger partial charge in [0.05, 0.1) is 31.7 Å². The number of amides is 1. The molecule has 1 aliphatic rings. The van der Waals surface area contributed by atoms with Crippen LogP contribution >= 0.6 is 0 Å². The molecule has 0 fully saturated rings. The molecule has 6 nitrogen and oxygen atoms in total. The fourth-order valence-corrected chi connectivity index (χ4v) is 2.98. The van der Waals surface area contributed by atoms with E-state index in [4.69, 9.17) is 9.47 Å². The Morgan fingerprint density at radius 1 is 1.11 bits per heavy atom. The van der Waals surface area contributed by atoms with E-state index >= 15 is 0 Å². The Kier molecular flexibility index (Phi) is 5.98. The number of methoxy groups -OCH3 is 2. The maximum Gasteiger partial charge on any atom is 0.262 e. The van der Waals surface area contributed by atoms with Crippen molar-refractivity contribution in [3.63, 3.8) is 0 Å². The second kappa shape index (κ2) is 8.60. The third-order valence-electron chi connectivity index (χ3n) is 4.40. The SMILES string of the molecule is COCCN=C(C)C1C(=O)N(c2ccc(OC)cc2)N=C1c1ccccc1. The van der Waals surface area contributed by atoms with Crippen LogP contribution in [0.4, 0.5) is 5.69 Å². The Morgan fingerprint density at radius 3 is 2.44 bits per heavy atom. The second-order valence-electron chi connectivity index (χ2n) is 6.15. The fraction of sp³-hybridized carbons (Fsp3) is 0.286. The summed E-state index contributed by atoms with van der Waals surface area (Å²) < 4.78 is 10.3. The Hall–Kier alpha value is -2.99. The average Bonchev–Trinajstić information content (AvgIpc) is 3.06. The molecule has 0 saturated carbocycles. The van der Waals surface area contributed by atoms with Crippen LogP contribution in [0.2, 0.25) is 0 Å². The smallest absolute Gasteiger partial charge is 0.262 e. The summed E-state index contributed by atoms with van der Waals surface area (Å²) in [5, 5.41) is 6.09. The van der Waals surface area contributed by atoms with Crippen molar-refractivity contribution in [3.05, 3.63) is 60.2 Å². The number of carbonyl (C=O) groups is 1. The van der Waals surface area contributed by atoms with Crippen molar-refractivity contribution in [2.24, 2.45) is 16.0 Å². The molecule has 27 heavy (non-hydrogen) atoms. The van der Waals surface area contributed by atoms with E-state index in [0.717, 1.165) is 17.0 Å². The molecule has 3 rings (SSSR count). The molecule has 0 aromatic heterocycles. The summed E-state index contributed by atoms with van der Waals surface area (Å²) in [6.45, 7) is 2.89. The third-order valence-corrected chi connectivity index (χ3v) is 4.40. The van der Waals surface area contributed by atoms with E-state index in [2.05, 4.69) is 10.1 Å². The zero-order valence-electron chi connectivity index (χ0n) is 15.8. The zero-order chi connectivity index (χ0) is 19.2. The molecule has 0 radical (unpaired) electrons. The van der Waals surface area contributed by atoms with Crippen LogP contribution in [0.15, 0.2) is 64.7 Å². The van der Waals surface area contributed by atoms with Gasteiger partial charge in [0, 0.05) is 12.8 Å². The number of nitrogens with zero attached hydrogens (tertiary/aromatic N) is 3. The maximum atomic E-state index is 13.2. The molecule has 0 bridgehead atoms. The molecule has 2 aromatic carbocycles. The predicted molar refractivity (Wildman–Crippen MR) is 107 cm³/mol. The summed E-state index contributed by atoms with van der Waals surface area (Å²) in [6.07, 6.45) is 0. The van der Waals surface area contributed by atoms with Crippen molar-refractivity contribution in [2.45, 2.75) is 6.92 Å². The number of hydrazone groups is 1. The first-order valence-corrected chi connectivity index (χ1v) is 8.77. The predicted octanol–water partition coefficient (Wildman–Crippen LogP) is 3.17. The van der Waals surface area contributed by atoms with Crippen molar-refractivity contribution in [1.29, 1.82) is 0 Å². The molecule has 0 saturated heterocycles. The van der Waals surface area contributed by atoms with Crippen LogP contribution in [0.25, 0.3) is 0 Å². The van der Waals surface area contributed by atoms with Crippen LogP contribution < -0.4 is 9.75 Å².